The lowest BCUT2D eigenvalue weighted by Crippen LogP contribution is -2.33. The van der Waals surface area contributed by atoms with Crippen LogP contribution in [0.15, 0.2) is 24.3 Å². The summed E-state index contributed by atoms with van der Waals surface area (Å²) >= 11 is 0. The van der Waals surface area contributed by atoms with E-state index in [1.165, 1.54) is 0 Å². The normalized spacial score (nSPS) is 15.7. The van der Waals surface area contributed by atoms with Gasteiger partial charge in [-0.3, -0.25) is 0 Å². The second-order valence-corrected chi connectivity index (χ2v) is 4.82. The highest BCUT2D eigenvalue weighted by Crippen LogP contribution is 2.14. The molecule has 0 amide bonds. The number of aliphatic hydroxyl groups excluding tert-OH is 1. The average molecular weight is 246 g/mol. The Kier molecular flexibility index (Phi) is 5.84. The van der Waals surface area contributed by atoms with E-state index in [0.29, 0.717) is 18.0 Å². The van der Waals surface area contributed by atoms with E-state index in [0.717, 1.165) is 12.0 Å². The fourth-order valence-electron chi connectivity index (χ4n) is 1.77. The minimum atomic E-state index is -0.323. The standard InChI is InChI=1S/C15H22N2O/c1-4-11(2)15(18)10-17-12(3)14-7-5-6-13(8-14)9-16/h5-8,11-12,15,17-18H,4,10H2,1-3H3. The molecule has 0 aromatic heterocycles. The van der Waals surface area contributed by atoms with Gasteiger partial charge >= 0.3 is 0 Å². The number of hydrogen-bond acceptors (Lipinski definition) is 3. The molecule has 0 fully saturated rings. The molecule has 0 spiro atoms. The van der Waals surface area contributed by atoms with Crippen molar-refractivity contribution in [2.45, 2.75) is 39.3 Å². The smallest absolute Gasteiger partial charge is 0.0991 e. The number of benzene rings is 1. The number of hydrogen-bond donors (Lipinski definition) is 2. The first-order valence-corrected chi connectivity index (χ1v) is 6.50. The Morgan fingerprint density at radius 2 is 2.11 bits per heavy atom. The van der Waals surface area contributed by atoms with Gasteiger partial charge in [-0.05, 0) is 30.5 Å². The Morgan fingerprint density at radius 1 is 1.39 bits per heavy atom. The van der Waals surface area contributed by atoms with Crippen LogP contribution < -0.4 is 5.32 Å². The second kappa shape index (κ2) is 7.15. The van der Waals surface area contributed by atoms with Crippen molar-refractivity contribution >= 4 is 0 Å². The zero-order valence-electron chi connectivity index (χ0n) is 11.4. The molecule has 98 valence electrons. The first-order chi connectivity index (χ1) is 8.58. The van der Waals surface area contributed by atoms with Crippen LogP contribution in [0.4, 0.5) is 0 Å². The Bertz CT molecular complexity index is 411. The number of aliphatic hydroxyl groups is 1. The summed E-state index contributed by atoms with van der Waals surface area (Å²) in [5.41, 5.74) is 1.74. The summed E-state index contributed by atoms with van der Waals surface area (Å²) in [6, 6.07) is 9.83. The Labute approximate surface area is 109 Å². The molecule has 3 heteroatoms. The van der Waals surface area contributed by atoms with Crippen LogP contribution in [0.2, 0.25) is 0 Å². The summed E-state index contributed by atoms with van der Waals surface area (Å²) in [6.07, 6.45) is 0.651. The highest BCUT2D eigenvalue weighted by Gasteiger charge is 2.13. The van der Waals surface area contributed by atoms with Gasteiger partial charge in [0.05, 0.1) is 17.7 Å². The lowest BCUT2D eigenvalue weighted by molar-refractivity contribution is 0.110. The fraction of sp³-hybridized carbons (Fsp3) is 0.533. The largest absolute Gasteiger partial charge is 0.392 e. The summed E-state index contributed by atoms with van der Waals surface area (Å²) in [6.45, 7) is 6.74. The van der Waals surface area contributed by atoms with Crippen molar-refractivity contribution in [3.8, 4) is 6.07 Å². The van der Waals surface area contributed by atoms with E-state index < -0.39 is 0 Å². The highest BCUT2D eigenvalue weighted by molar-refractivity contribution is 5.33. The molecule has 0 radical (unpaired) electrons. The molecular weight excluding hydrogens is 224 g/mol. The third-order valence-electron chi connectivity index (χ3n) is 3.45. The second-order valence-electron chi connectivity index (χ2n) is 4.82. The predicted molar refractivity (Wildman–Crippen MR) is 73.0 cm³/mol. The van der Waals surface area contributed by atoms with Crippen LogP contribution in [0.3, 0.4) is 0 Å². The fourth-order valence-corrected chi connectivity index (χ4v) is 1.77. The van der Waals surface area contributed by atoms with Gasteiger partial charge < -0.3 is 10.4 Å². The van der Waals surface area contributed by atoms with Crippen LogP contribution in [0.1, 0.15) is 44.4 Å². The summed E-state index contributed by atoms with van der Waals surface area (Å²) in [5.74, 6) is 0.301. The van der Waals surface area contributed by atoms with Gasteiger partial charge in [0.25, 0.3) is 0 Å². The number of nitrogens with one attached hydrogen (secondary N) is 1. The summed E-state index contributed by atoms with van der Waals surface area (Å²) in [5, 5.41) is 22.1. The van der Waals surface area contributed by atoms with E-state index in [2.05, 4.69) is 18.3 Å². The lowest BCUT2D eigenvalue weighted by Gasteiger charge is -2.21. The van der Waals surface area contributed by atoms with Crippen molar-refractivity contribution in [2.75, 3.05) is 6.54 Å². The van der Waals surface area contributed by atoms with Gasteiger partial charge in [0.2, 0.25) is 0 Å². The van der Waals surface area contributed by atoms with E-state index in [1.54, 1.807) is 6.07 Å². The van der Waals surface area contributed by atoms with E-state index in [1.807, 2.05) is 32.0 Å². The Morgan fingerprint density at radius 3 is 2.72 bits per heavy atom. The molecule has 0 aliphatic carbocycles. The first kappa shape index (κ1) is 14.7. The van der Waals surface area contributed by atoms with Gasteiger partial charge in [0.1, 0.15) is 0 Å². The van der Waals surface area contributed by atoms with Crippen molar-refractivity contribution in [1.82, 2.24) is 5.32 Å². The third kappa shape index (κ3) is 4.14. The van der Waals surface area contributed by atoms with Crippen molar-refractivity contribution in [1.29, 1.82) is 5.26 Å². The zero-order chi connectivity index (χ0) is 13.5. The zero-order valence-corrected chi connectivity index (χ0v) is 11.4. The number of nitrogens with zero attached hydrogens (tertiary/aromatic N) is 1. The van der Waals surface area contributed by atoms with E-state index in [-0.39, 0.29) is 12.1 Å². The topological polar surface area (TPSA) is 56.0 Å². The first-order valence-electron chi connectivity index (χ1n) is 6.50. The van der Waals surface area contributed by atoms with Gasteiger partial charge in [-0.1, -0.05) is 32.4 Å². The lowest BCUT2D eigenvalue weighted by atomic mass is 10.0. The summed E-state index contributed by atoms with van der Waals surface area (Å²) in [7, 11) is 0. The maximum Gasteiger partial charge on any atom is 0.0991 e. The molecule has 1 aromatic rings. The third-order valence-corrected chi connectivity index (χ3v) is 3.45. The van der Waals surface area contributed by atoms with Crippen LogP contribution in [-0.4, -0.2) is 17.8 Å². The van der Waals surface area contributed by atoms with Gasteiger partial charge in [-0.15, -0.1) is 0 Å². The van der Waals surface area contributed by atoms with E-state index in [4.69, 9.17) is 5.26 Å². The van der Waals surface area contributed by atoms with Crippen LogP contribution in [-0.2, 0) is 0 Å². The Balaban J connectivity index is 2.55. The molecule has 1 aromatic carbocycles. The number of nitriles is 1. The maximum absolute atomic E-state index is 9.90. The monoisotopic (exact) mass is 246 g/mol. The van der Waals surface area contributed by atoms with E-state index >= 15 is 0 Å². The van der Waals surface area contributed by atoms with Crippen LogP contribution in [0.25, 0.3) is 0 Å². The highest BCUT2D eigenvalue weighted by atomic mass is 16.3. The van der Waals surface area contributed by atoms with Crippen molar-refractivity contribution in [2.24, 2.45) is 5.92 Å². The minimum absolute atomic E-state index is 0.136. The molecule has 3 nitrogen and oxygen atoms in total. The quantitative estimate of drug-likeness (QED) is 0.811. The summed E-state index contributed by atoms with van der Waals surface area (Å²) in [4.78, 5) is 0. The molecule has 0 saturated heterocycles. The maximum atomic E-state index is 9.90. The van der Waals surface area contributed by atoms with Gasteiger partial charge in [0, 0.05) is 12.6 Å². The van der Waals surface area contributed by atoms with Crippen LogP contribution in [0, 0.1) is 17.2 Å². The molecule has 0 bridgehead atoms. The van der Waals surface area contributed by atoms with Crippen LogP contribution >= 0.6 is 0 Å². The van der Waals surface area contributed by atoms with Gasteiger partial charge in [-0.25, -0.2) is 0 Å². The molecule has 3 unspecified atom stereocenters. The molecule has 0 aliphatic heterocycles. The van der Waals surface area contributed by atoms with Gasteiger partial charge in [-0.2, -0.15) is 5.26 Å². The van der Waals surface area contributed by atoms with E-state index in [9.17, 15) is 5.11 Å². The Hall–Kier alpha value is -1.37. The van der Waals surface area contributed by atoms with Gasteiger partial charge in [0.15, 0.2) is 0 Å². The molecule has 0 saturated carbocycles. The predicted octanol–water partition coefficient (Wildman–Crippen LogP) is 2.62. The van der Waals surface area contributed by atoms with Crippen molar-refractivity contribution in [3.63, 3.8) is 0 Å². The van der Waals surface area contributed by atoms with Crippen LogP contribution in [0.5, 0.6) is 0 Å². The molecule has 0 aliphatic rings. The molecule has 3 atom stereocenters. The van der Waals surface area contributed by atoms with Crippen molar-refractivity contribution < 1.29 is 5.11 Å². The summed E-state index contributed by atoms with van der Waals surface area (Å²) < 4.78 is 0. The molecular formula is C15H22N2O. The van der Waals surface area contributed by atoms with Crippen molar-refractivity contribution in [3.05, 3.63) is 35.4 Å². The SMILES string of the molecule is CCC(C)C(O)CNC(C)c1cccc(C#N)c1. The molecule has 1 rings (SSSR count). The average Bonchev–Trinajstić information content (AvgIpc) is 2.43. The molecule has 2 N–H and O–H groups in total. The molecule has 18 heavy (non-hydrogen) atoms. The number of rotatable bonds is 6. The minimum Gasteiger partial charge on any atom is -0.392 e. The molecule has 0 heterocycles.